The maximum absolute atomic E-state index is 12.6. The largest absolute Gasteiger partial charge is 0.494 e. The van der Waals surface area contributed by atoms with Gasteiger partial charge in [-0.05, 0) is 85.5 Å². The Morgan fingerprint density at radius 1 is 0.842 bits per heavy atom. The fraction of sp³-hybridized carbons (Fsp3) is 0.241. The molecule has 0 unspecified atom stereocenters. The second-order valence-electron chi connectivity index (χ2n) is 8.11. The highest BCUT2D eigenvalue weighted by Gasteiger charge is 2.15. The molecule has 0 aliphatic heterocycles. The van der Waals surface area contributed by atoms with E-state index in [2.05, 4.69) is 15.8 Å². The van der Waals surface area contributed by atoms with Crippen molar-refractivity contribution in [3.8, 4) is 17.2 Å². The normalized spacial score (nSPS) is 10.6. The molecule has 198 valence electrons. The first kappa shape index (κ1) is 27.9. The number of nitrogens with zero attached hydrogens (tertiary/aromatic N) is 1. The molecule has 0 fully saturated rings. The minimum Gasteiger partial charge on any atom is -0.494 e. The van der Waals surface area contributed by atoms with Crippen LogP contribution in [-0.4, -0.2) is 37.2 Å². The van der Waals surface area contributed by atoms with Gasteiger partial charge in [-0.3, -0.25) is 9.59 Å². The zero-order valence-electron chi connectivity index (χ0n) is 21.7. The molecule has 0 aliphatic rings. The summed E-state index contributed by atoms with van der Waals surface area (Å²) in [5, 5.41) is 6.36. The first-order valence-corrected chi connectivity index (χ1v) is 12.4. The van der Waals surface area contributed by atoms with Gasteiger partial charge in [0.05, 0.1) is 25.0 Å². The Labute approximate surface area is 221 Å². The minimum atomic E-state index is -0.914. The van der Waals surface area contributed by atoms with Crippen LogP contribution in [0.4, 0.5) is 5.69 Å². The van der Waals surface area contributed by atoms with E-state index in [1.54, 1.807) is 61.5 Å². The summed E-state index contributed by atoms with van der Waals surface area (Å²) in [4.78, 5) is 36.8. The molecule has 3 aromatic carbocycles. The number of ether oxygens (including phenoxy) is 3. The number of amides is 2. The van der Waals surface area contributed by atoms with Gasteiger partial charge < -0.3 is 19.5 Å². The number of nitrogens with one attached hydrogen (secondary N) is 2. The first-order valence-electron chi connectivity index (χ1n) is 12.4. The van der Waals surface area contributed by atoms with Gasteiger partial charge in [0.2, 0.25) is 0 Å². The van der Waals surface area contributed by atoms with Gasteiger partial charge in [-0.25, -0.2) is 10.2 Å². The molecule has 0 saturated carbocycles. The van der Waals surface area contributed by atoms with Gasteiger partial charge in [0.25, 0.3) is 0 Å². The van der Waals surface area contributed by atoms with Crippen LogP contribution in [-0.2, 0) is 16.0 Å². The smallest absolute Gasteiger partial charge is 0.343 e. The van der Waals surface area contributed by atoms with Crippen LogP contribution in [0.15, 0.2) is 71.8 Å². The summed E-state index contributed by atoms with van der Waals surface area (Å²) >= 11 is 0. The average Bonchev–Trinajstić information content (AvgIpc) is 2.94. The Morgan fingerprint density at radius 2 is 1.58 bits per heavy atom. The lowest BCUT2D eigenvalue weighted by atomic mass is 10.1. The number of rotatable bonds is 11. The molecule has 2 N–H and O–H groups in total. The van der Waals surface area contributed by atoms with E-state index < -0.39 is 17.8 Å². The molecule has 38 heavy (non-hydrogen) atoms. The van der Waals surface area contributed by atoms with Crippen molar-refractivity contribution < 1.29 is 28.6 Å². The van der Waals surface area contributed by atoms with Crippen molar-refractivity contribution in [1.82, 2.24) is 5.43 Å². The lowest BCUT2D eigenvalue weighted by Crippen LogP contribution is -2.32. The Morgan fingerprint density at radius 3 is 2.24 bits per heavy atom. The SMILES string of the molecule is CCCOc1ccc(C(=O)Oc2ccc(C=NNC(=O)C(=O)Nc3ccc(CC)cc3)cc2OCC)cc1. The van der Waals surface area contributed by atoms with E-state index in [-0.39, 0.29) is 5.75 Å². The second-order valence-corrected chi connectivity index (χ2v) is 8.11. The number of hydrazone groups is 1. The highest BCUT2D eigenvalue weighted by molar-refractivity contribution is 6.39. The lowest BCUT2D eigenvalue weighted by molar-refractivity contribution is -0.136. The van der Waals surface area contributed by atoms with Crippen molar-refractivity contribution in [3.63, 3.8) is 0 Å². The quantitative estimate of drug-likeness (QED) is 0.125. The van der Waals surface area contributed by atoms with Crippen molar-refractivity contribution in [2.45, 2.75) is 33.6 Å². The Bertz CT molecular complexity index is 1270. The van der Waals surface area contributed by atoms with Crippen LogP contribution < -0.4 is 25.0 Å². The third-order valence-electron chi connectivity index (χ3n) is 5.24. The van der Waals surface area contributed by atoms with Crippen molar-refractivity contribution in [2.75, 3.05) is 18.5 Å². The van der Waals surface area contributed by atoms with Gasteiger partial charge in [0.1, 0.15) is 5.75 Å². The highest BCUT2D eigenvalue weighted by atomic mass is 16.6. The van der Waals surface area contributed by atoms with E-state index in [9.17, 15) is 14.4 Å². The van der Waals surface area contributed by atoms with Crippen molar-refractivity contribution in [1.29, 1.82) is 0 Å². The van der Waals surface area contributed by atoms with E-state index in [4.69, 9.17) is 14.2 Å². The minimum absolute atomic E-state index is 0.234. The molecule has 0 saturated heterocycles. The number of carbonyl (C=O) groups excluding carboxylic acids is 3. The van der Waals surface area contributed by atoms with Gasteiger partial charge >= 0.3 is 17.8 Å². The third-order valence-corrected chi connectivity index (χ3v) is 5.24. The van der Waals surface area contributed by atoms with Crippen molar-refractivity contribution in [3.05, 3.63) is 83.4 Å². The van der Waals surface area contributed by atoms with Crippen LogP contribution in [0.5, 0.6) is 17.2 Å². The molecule has 2 amide bonds. The number of benzene rings is 3. The molecular weight excluding hydrogens is 486 g/mol. The summed E-state index contributed by atoms with van der Waals surface area (Å²) in [6, 6.07) is 18.7. The zero-order valence-corrected chi connectivity index (χ0v) is 21.7. The highest BCUT2D eigenvalue weighted by Crippen LogP contribution is 2.29. The molecule has 3 aromatic rings. The van der Waals surface area contributed by atoms with Crippen LogP contribution in [0.25, 0.3) is 0 Å². The van der Waals surface area contributed by atoms with Gasteiger partial charge in [-0.15, -0.1) is 0 Å². The first-order chi connectivity index (χ1) is 18.4. The van der Waals surface area contributed by atoms with E-state index >= 15 is 0 Å². The summed E-state index contributed by atoms with van der Waals surface area (Å²) in [6.45, 7) is 6.78. The van der Waals surface area contributed by atoms with Gasteiger partial charge in [0.15, 0.2) is 11.5 Å². The van der Waals surface area contributed by atoms with Gasteiger partial charge in [-0.2, -0.15) is 5.10 Å². The summed E-state index contributed by atoms with van der Waals surface area (Å²) in [5.74, 6) is -1.06. The second kappa shape index (κ2) is 14.2. The van der Waals surface area contributed by atoms with E-state index in [0.717, 1.165) is 18.4 Å². The van der Waals surface area contributed by atoms with Gasteiger partial charge in [-0.1, -0.05) is 26.0 Å². The standard InChI is InChI=1S/C29H31N3O6/c1-4-17-37-24-14-10-22(11-15-24)29(35)38-25-16-9-21(18-26(25)36-6-3)19-30-32-28(34)27(33)31-23-12-7-20(5-2)8-13-23/h7-16,18-19H,4-6,17H2,1-3H3,(H,31,33)(H,32,34). The number of carbonyl (C=O) groups is 3. The number of hydrogen-bond acceptors (Lipinski definition) is 7. The number of aryl methyl sites for hydroxylation is 1. The number of anilines is 1. The molecule has 9 nitrogen and oxygen atoms in total. The van der Waals surface area contributed by atoms with Gasteiger partial charge in [0, 0.05) is 5.69 Å². The molecule has 9 heteroatoms. The maximum Gasteiger partial charge on any atom is 0.343 e. The Kier molecular flexibility index (Phi) is 10.4. The Balaban J connectivity index is 1.59. The summed E-state index contributed by atoms with van der Waals surface area (Å²) in [7, 11) is 0. The number of hydrogen-bond donors (Lipinski definition) is 2. The molecule has 0 spiro atoms. The monoisotopic (exact) mass is 517 g/mol. The van der Waals surface area contributed by atoms with Crippen LogP contribution in [0.3, 0.4) is 0 Å². The molecule has 0 aliphatic carbocycles. The summed E-state index contributed by atoms with van der Waals surface area (Å²) in [5.41, 5.74) is 4.75. The molecule has 0 aromatic heterocycles. The summed E-state index contributed by atoms with van der Waals surface area (Å²) in [6.07, 6.45) is 3.12. The van der Waals surface area contributed by atoms with Crippen LogP contribution in [0.2, 0.25) is 0 Å². The maximum atomic E-state index is 12.6. The predicted octanol–water partition coefficient (Wildman–Crippen LogP) is 4.74. The molecule has 0 heterocycles. The topological polar surface area (TPSA) is 115 Å². The predicted molar refractivity (Wildman–Crippen MR) is 145 cm³/mol. The van der Waals surface area contributed by atoms with Crippen molar-refractivity contribution in [2.24, 2.45) is 5.10 Å². The Hall–Kier alpha value is -4.66. The fourth-order valence-electron chi connectivity index (χ4n) is 3.25. The lowest BCUT2D eigenvalue weighted by Gasteiger charge is -2.12. The average molecular weight is 518 g/mol. The molecule has 0 radical (unpaired) electrons. The third kappa shape index (κ3) is 8.19. The molecule has 0 bridgehead atoms. The van der Waals surface area contributed by atoms with Crippen LogP contribution in [0, 0.1) is 0 Å². The van der Waals surface area contributed by atoms with E-state index in [0.29, 0.717) is 41.5 Å². The molecule has 0 atom stereocenters. The molecular formula is C29H31N3O6. The molecule has 3 rings (SSSR count). The van der Waals surface area contributed by atoms with E-state index in [1.165, 1.54) is 6.21 Å². The zero-order chi connectivity index (χ0) is 27.3. The fourth-order valence-corrected chi connectivity index (χ4v) is 3.25. The number of esters is 1. The summed E-state index contributed by atoms with van der Waals surface area (Å²) < 4.78 is 16.7. The van der Waals surface area contributed by atoms with Crippen molar-refractivity contribution >= 4 is 29.7 Å². The van der Waals surface area contributed by atoms with Crippen LogP contribution in [0.1, 0.15) is 48.7 Å². The van der Waals surface area contributed by atoms with Crippen LogP contribution >= 0.6 is 0 Å². The van der Waals surface area contributed by atoms with E-state index in [1.807, 2.05) is 26.0 Å².